The molecule has 2 N–H and O–H groups in total. The van der Waals surface area contributed by atoms with E-state index in [0.717, 1.165) is 25.5 Å². The van der Waals surface area contributed by atoms with Crippen LogP contribution in [0.25, 0.3) is 0 Å². The SMILES string of the molecule is CCNC(=NCCCn1cccn1)NCCOc1cccc(F)c1. The molecule has 0 atom stereocenters. The van der Waals surface area contributed by atoms with E-state index in [1.807, 2.05) is 23.9 Å². The highest BCUT2D eigenvalue weighted by Crippen LogP contribution is 2.11. The summed E-state index contributed by atoms with van der Waals surface area (Å²) < 4.78 is 20.4. The van der Waals surface area contributed by atoms with E-state index in [9.17, 15) is 4.39 Å². The molecule has 7 heteroatoms. The minimum Gasteiger partial charge on any atom is -0.492 e. The van der Waals surface area contributed by atoms with E-state index in [2.05, 4.69) is 20.7 Å². The van der Waals surface area contributed by atoms with E-state index in [4.69, 9.17) is 4.74 Å². The van der Waals surface area contributed by atoms with Crippen molar-refractivity contribution in [3.05, 3.63) is 48.5 Å². The number of hydrogen-bond donors (Lipinski definition) is 2. The second-order valence-electron chi connectivity index (χ2n) is 5.12. The standard InChI is InChI=1S/C17H24FN5O/c1-2-19-17(20-8-4-11-23-12-5-9-22-23)21-10-13-24-16-7-3-6-15(18)14-16/h3,5-7,9,12,14H,2,4,8,10-11,13H2,1H3,(H2,19,20,21). The fourth-order valence-electron chi connectivity index (χ4n) is 2.09. The number of aryl methyl sites for hydroxylation is 1. The number of ether oxygens (including phenoxy) is 1. The van der Waals surface area contributed by atoms with E-state index in [1.165, 1.54) is 12.1 Å². The first-order chi connectivity index (χ1) is 11.8. The van der Waals surface area contributed by atoms with Crippen LogP contribution < -0.4 is 15.4 Å². The first kappa shape index (κ1) is 17.8. The van der Waals surface area contributed by atoms with Gasteiger partial charge in [0, 0.05) is 38.1 Å². The lowest BCUT2D eigenvalue weighted by atomic mass is 10.3. The van der Waals surface area contributed by atoms with Gasteiger partial charge in [-0.3, -0.25) is 9.67 Å². The quantitative estimate of drug-likeness (QED) is 0.419. The zero-order chi connectivity index (χ0) is 17.0. The molecule has 0 saturated carbocycles. The molecule has 0 saturated heterocycles. The van der Waals surface area contributed by atoms with Crippen LogP contribution in [0.5, 0.6) is 5.75 Å². The molecule has 0 amide bonds. The third-order valence-corrected chi connectivity index (χ3v) is 3.18. The second-order valence-corrected chi connectivity index (χ2v) is 5.12. The Morgan fingerprint density at radius 3 is 3.00 bits per heavy atom. The molecule has 1 aromatic carbocycles. The molecule has 0 aliphatic heterocycles. The lowest BCUT2D eigenvalue weighted by molar-refractivity contribution is 0.320. The highest BCUT2D eigenvalue weighted by Gasteiger charge is 1.99. The Labute approximate surface area is 141 Å². The molecule has 2 aromatic rings. The summed E-state index contributed by atoms with van der Waals surface area (Å²) in [7, 11) is 0. The Morgan fingerprint density at radius 1 is 1.33 bits per heavy atom. The van der Waals surface area contributed by atoms with Gasteiger partial charge in [0.15, 0.2) is 5.96 Å². The first-order valence-electron chi connectivity index (χ1n) is 8.16. The number of hydrogen-bond acceptors (Lipinski definition) is 3. The summed E-state index contributed by atoms with van der Waals surface area (Å²) in [6.07, 6.45) is 4.63. The Kier molecular flexibility index (Phi) is 7.59. The molecule has 0 unspecified atom stereocenters. The van der Waals surface area contributed by atoms with Gasteiger partial charge in [-0.05, 0) is 31.5 Å². The molecular weight excluding hydrogens is 309 g/mol. The van der Waals surface area contributed by atoms with Gasteiger partial charge in [-0.2, -0.15) is 5.10 Å². The fourth-order valence-corrected chi connectivity index (χ4v) is 2.09. The number of rotatable bonds is 9. The average molecular weight is 333 g/mol. The molecule has 6 nitrogen and oxygen atoms in total. The van der Waals surface area contributed by atoms with Gasteiger partial charge >= 0.3 is 0 Å². The third kappa shape index (κ3) is 6.68. The molecule has 130 valence electrons. The molecule has 1 aromatic heterocycles. The summed E-state index contributed by atoms with van der Waals surface area (Å²) >= 11 is 0. The van der Waals surface area contributed by atoms with Crippen molar-refractivity contribution in [2.24, 2.45) is 4.99 Å². The van der Waals surface area contributed by atoms with Gasteiger partial charge in [0.2, 0.25) is 0 Å². The van der Waals surface area contributed by atoms with E-state index >= 15 is 0 Å². The second kappa shape index (κ2) is 10.3. The summed E-state index contributed by atoms with van der Waals surface area (Å²) in [6.45, 7) is 5.38. The molecule has 0 radical (unpaired) electrons. The molecule has 0 bridgehead atoms. The van der Waals surface area contributed by atoms with Crippen LogP contribution in [0.15, 0.2) is 47.7 Å². The molecule has 0 aliphatic carbocycles. The maximum absolute atomic E-state index is 13.0. The normalized spacial score (nSPS) is 11.3. The summed E-state index contributed by atoms with van der Waals surface area (Å²) in [5, 5.41) is 10.5. The lowest BCUT2D eigenvalue weighted by Gasteiger charge is -2.12. The monoisotopic (exact) mass is 333 g/mol. The summed E-state index contributed by atoms with van der Waals surface area (Å²) in [6, 6.07) is 8.03. The summed E-state index contributed by atoms with van der Waals surface area (Å²) in [4.78, 5) is 4.51. The van der Waals surface area contributed by atoms with Crippen molar-refractivity contribution in [3.63, 3.8) is 0 Å². The topological polar surface area (TPSA) is 63.5 Å². The zero-order valence-corrected chi connectivity index (χ0v) is 13.9. The van der Waals surface area contributed by atoms with Crippen molar-refractivity contribution in [2.45, 2.75) is 19.9 Å². The van der Waals surface area contributed by atoms with Gasteiger partial charge in [0.1, 0.15) is 18.2 Å². The van der Waals surface area contributed by atoms with Crippen molar-refractivity contribution in [1.29, 1.82) is 0 Å². The van der Waals surface area contributed by atoms with E-state index in [1.54, 1.807) is 18.3 Å². The lowest BCUT2D eigenvalue weighted by Crippen LogP contribution is -2.39. The molecule has 24 heavy (non-hydrogen) atoms. The van der Waals surface area contributed by atoms with Crippen molar-refractivity contribution >= 4 is 5.96 Å². The molecule has 0 aliphatic rings. The Hall–Kier alpha value is -2.57. The van der Waals surface area contributed by atoms with Crippen LogP contribution in [0.2, 0.25) is 0 Å². The van der Waals surface area contributed by atoms with Gasteiger partial charge in [-0.1, -0.05) is 6.07 Å². The van der Waals surface area contributed by atoms with Crippen LogP contribution in [-0.4, -0.2) is 42.0 Å². The van der Waals surface area contributed by atoms with Crippen molar-refractivity contribution in [2.75, 3.05) is 26.2 Å². The number of aliphatic imine (C=N–C) groups is 1. The van der Waals surface area contributed by atoms with E-state index in [-0.39, 0.29) is 5.82 Å². The summed E-state index contributed by atoms with van der Waals surface area (Å²) in [5.74, 6) is 0.978. The maximum atomic E-state index is 13.0. The molecule has 2 rings (SSSR count). The minimum atomic E-state index is -0.299. The predicted octanol–water partition coefficient (Wildman–Crippen LogP) is 2.05. The molecule has 0 spiro atoms. The van der Waals surface area contributed by atoms with Gasteiger partial charge in [0.25, 0.3) is 0 Å². The van der Waals surface area contributed by atoms with Gasteiger partial charge in [-0.15, -0.1) is 0 Å². The zero-order valence-electron chi connectivity index (χ0n) is 13.9. The average Bonchev–Trinajstić information content (AvgIpc) is 3.09. The van der Waals surface area contributed by atoms with Gasteiger partial charge in [-0.25, -0.2) is 4.39 Å². The third-order valence-electron chi connectivity index (χ3n) is 3.18. The largest absolute Gasteiger partial charge is 0.492 e. The highest BCUT2D eigenvalue weighted by molar-refractivity contribution is 5.79. The number of halogens is 1. The van der Waals surface area contributed by atoms with Crippen LogP contribution in [0.4, 0.5) is 4.39 Å². The van der Waals surface area contributed by atoms with Crippen LogP contribution in [-0.2, 0) is 6.54 Å². The van der Waals surface area contributed by atoms with E-state index in [0.29, 0.717) is 25.4 Å². The van der Waals surface area contributed by atoms with Crippen molar-refractivity contribution < 1.29 is 9.13 Å². The minimum absolute atomic E-state index is 0.299. The van der Waals surface area contributed by atoms with Crippen LogP contribution in [0.1, 0.15) is 13.3 Å². The number of aromatic nitrogens is 2. The molecule has 1 heterocycles. The van der Waals surface area contributed by atoms with Crippen LogP contribution in [0.3, 0.4) is 0 Å². The maximum Gasteiger partial charge on any atom is 0.191 e. The summed E-state index contributed by atoms with van der Waals surface area (Å²) in [5.41, 5.74) is 0. The number of benzene rings is 1. The van der Waals surface area contributed by atoms with Gasteiger partial charge in [0.05, 0.1) is 6.54 Å². The first-order valence-corrected chi connectivity index (χ1v) is 8.16. The van der Waals surface area contributed by atoms with Crippen molar-refractivity contribution in [3.8, 4) is 5.75 Å². The van der Waals surface area contributed by atoms with Gasteiger partial charge < -0.3 is 15.4 Å². The number of nitrogens with one attached hydrogen (secondary N) is 2. The van der Waals surface area contributed by atoms with Crippen LogP contribution in [0, 0.1) is 5.82 Å². The smallest absolute Gasteiger partial charge is 0.191 e. The van der Waals surface area contributed by atoms with Crippen LogP contribution >= 0.6 is 0 Å². The Morgan fingerprint density at radius 2 is 2.25 bits per heavy atom. The van der Waals surface area contributed by atoms with E-state index < -0.39 is 0 Å². The van der Waals surface area contributed by atoms with Crippen molar-refractivity contribution in [1.82, 2.24) is 20.4 Å². The predicted molar refractivity (Wildman–Crippen MR) is 92.7 cm³/mol. The molecular formula is C17H24FN5O. The number of guanidine groups is 1. The fraction of sp³-hybridized carbons (Fsp3) is 0.412. The Balaban J connectivity index is 1.67. The Bertz CT molecular complexity index is 615. The number of nitrogens with zero attached hydrogens (tertiary/aromatic N) is 3. The highest BCUT2D eigenvalue weighted by atomic mass is 19.1. The molecule has 0 fully saturated rings.